The van der Waals surface area contributed by atoms with Crippen LogP contribution in [0.2, 0.25) is 0 Å². The van der Waals surface area contributed by atoms with Gasteiger partial charge in [0, 0.05) is 16.2 Å². The van der Waals surface area contributed by atoms with Crippen LogP contribution in [0.4, 0.5) is 5.69 Å². The van der Waals surface area contributed by atoms with Crippen LogP contribution in [0.5, 0.6) is 0 Å². The lowest BCUT2D eigenvalue weighted by Crippen LogP contribution is -2.45. The lowest BCUT2D eigenvalue weighted by atomic mass is 9.95. The first-order valence-corrected chi connectivity index (χ1v) is 12.7. The highest BCUT2D eigenvalue weighted by Crippen LogP contribution is 2.28. The van der Waals surface area contributed by atoms with Crippen LogP contribution in [0.15, 0.2) is 57.9 Å². The molecule has 0 radical (unpaired) electrons. The Morgan fingerprint density at radius 2 is 1.63 bits per heavy atom. The van der Waals surface area contributed by atoms with E-state index in [9.17, 15) is 13.2 Å². The minimum absolute atomic E-state index is 0.151. The molecular weight excluding hydrogens is 464 g/mol. The first-order valence-electron chi connectivity index (χ1n) is 10.4. The molecule has 7 heteroatoms. The van der Waals surface area contributed by atoms with Gasteiger partial charge in [-0.25, -0.2) is 8.42 Å². The van der Waals surface area contributed by atoms with Gasteiger partial charge in [-0.05, 0) is 60.7 Å². The molecule has 3 rings (SSSR count). The highest BCUT2D eigenvalue weighted by molar-refractivity contribution is 9.10. The summed E-state index contributed by atoms with van der Waals surface area (Å²) in [5.74, 6) is 0.0890. The molecule has 1 aliphatic carbocycles. The van der Waals surface area contributed by atoms with Gasteiger partial charge in [0.05, 0.1) is 11.4 Å². The van der Waals surface area contributed by atoms with E-state index in [1.54, 1.807) is 24.3 Å². The average Bonchev–Trinajstić information content (AvgIpc) is 2.73. The zero-order chi connectivity index (χ0) is 21.7. The number of anilines is 1. The minimum Gasteiger partial charge on any atom is -0.325 e. The molecule has 30 heavy (non-hydrogen) atoms. The van der Waals surface area contributed by atoms with E-state index in [0.717, 1.165) is 36.6 Å². The van der Waals surface area contributed by atoms with E-state index in [1.165, 1.54) is 9.87 Å². The molecule has 0 heterocycles. The van der Waals surface area contributed by atoms with Crippen molar-refractivity contribution in [2.24, 2.45) is 0 Å². The lowest BCUT2D eigenvalue weighted by molar-refractivity contribution is -0.116. The number of benzene rings is 2. The molecule has 2 aromatic carbocycles. The maximum Gasteiger partial charge on any atom is 0.243 e. The van der Waals surface area contributed by atoms with Crippen molar-refractivity contribution >= 4 is 37.5 Å². The number of sulfonamides is 1. The van der Waals surface area contributed by atoms with Crippen LogP contribution in [-0.4, -0.2) is 31.2 Å². The molecule has 1 N–H and O–H groups in total. The molecule has 2 aromatic rings. The summed E-state index contributed by atoms with van der Waals surface area (Å²) >= 11 is 3.34. The molecule has 0 spiro atoms. The van der Waals surface area contributed by atoms with Gasteiger partial charge in [0.2, 0.25) is 15.9 Å². The van der Waals surface area contributed by atoms with Gasteiger partial charge in [-0.15, -0.1) is 0 Å². The Bertz CT molecular complexity index is 951. The second-order valence-corrected chi connectivity index (χ2v) is 10.9. The maximum absolute atomic E-state index is 13.4. The molecule has 0 bridgehead atoms. The number of hydrogen-bond acceptors (Lipinski definition) is 3. The van der Waals surface area contributed by atoms with Crippen LogP contribution >= 0.6 is 15.9 Å². The van der Waals surface area contributed by atoms with Crippen molar-refractivity contribution in [1.29, 1.82) is 0 Å². The van der Waals surface area contributed by atoms with Crippen molar-refractivity contribution in [2.45, 2.75) is 62.8 Å². The molecular formula is C23H29BrN2O3S. The molecule has 0 atom stereocenters. The van der Waals surface area contributed by atoms with E-state index < -0.39 is 10.0 Å². The number of halogens is 1. The number of amides is 1. The van der Waals surface area contributed by atoms with Crippen LogP contribution in [0.25, 0.3) is 0 Å². The highest BCUT2D eigenvalue weighted by atomic mass is 79.9. The molecule has 1 fully saturated rings. The van der Waals surface area contributed by atoms with E-state index >= 15 is 0 Å². The van der Waals surface area contributed by atoms with Crippen molar-refractivity contribution in [3.63, 3.8) is 0 Å². The van der Waals surface area contributed by atoms with Crippen LogP contribution in [-0.2, 0) is 14.8 Å². The Morgan fingerprint density at radius 3 is 2.20 bits per heavy atom. The third kappa shape index (κ3) is 5.71. The summed E-state index contributed by atoms with van der Waals surface area (Å²) in [7, 11) is -3.77. The van der Waals surface area contributed by atoms with Crippen molar-refractivity contribution in [2.75, 3.05) is 11.9 Å². The second-order valence-electron chi connectivity index (χ2n) is 8.12. The van der Waals surface area contributed by atoms with E-state index in [-0.39, 0.29) is 23.4 Å². The molecule has 0 aromatic heterocycles. The Kier molecular flexibility index (Phi) is 7.71. The predicted octanol–water partition coefficient (Wildman–Crippen LogP) is 5.53. The fourth-order valence-electron chi connectivity index (χ4n) is 3.81. The summed E-state index contributed by atoms with van der Waals surface area (Å²) in [6.07, 6.45) is 4.64. The number of hydrogen-bond donors (Lipinski definition) is 1. The fraction of sp³-hybridized carbons (Fsp3) is 0.435. The molecule has 1 amide bonds. The van der Waals surface area contributed by atoms with E-state index in [4.69, 9.17) is 0 Å². The molecule has 0 aliphatic heterocycles. The summed E-state index contributed by atoms with van der Waals surface area (Å²) in [6.45, 7) is 4.04. The second kappa shape index (κ2) is 10.1. The number of carbonyl (C=O) groups excluding carboxylic acids is 1. The topological polar surface area (TPSA) is 66.5 Å². The zero-order valence-electron chi connectivity index (χ0n) is 17.5. The van der Waals surface area contributed by atoms with Gasteiger partial charge in [-0.1, -0.05) is 61.2 Å². The van der Waals surface area contributed by atoms with Gasteiger partial charge in [0.1, 0.15) is 0 Å². The van der Waals surface area contributed by atoms with Crippen LogP contribution in [0, 0.1) is 0 Å². The number of carbonyl (C=O) groups is 1. The van der Waals surface area contributed by atoms with Crippen molar-refractivity contribution in [3.05, 3.63) is 58.6 Å². The fourth-order valence-corrected chi connectivity index (χ4v) is 5.72. The Balaban J connectivity index is 1.80. The minimum atomic E-state index is -3.77. The summed E-state index contributed by atoms with van der Waals surface area (Å²) < 4.78 is 29.0. The predicted molar refractivity (Wildman–Crippen MR) is 124 cm³/mol. The molecule has 162 valence electrons. The molecule has 1 saturated carbocycles. The SMILES string of the molecule is CC(C)c1ccc(NC(=O)CN(C2CCCCC2)S(=O)(=O)c2ccc(Br)cc2)cc1. The summed E-state index contributed by atoms with van der Waals surface area (Å²) in [6, 6.07) is 14.1. The third-order valence-corrected chi connectivity index (χ3v) is 8.00. The number of rotatable bonds is 7. The Hall–Kier alpha value is -1.70. The molecule has 5 nitrogen and oxygen atoms in total. The van der Waals surface area contributed by atoms with Crippen LogP contribution in [0.3, 0.4) is 0 Å². The van der Waals surface area contributed by atoms with Gasteiger partial charge < -0.3 is 5.32 Å². The largest absolute Gasteiger partial charge is 0.325 e. The summed E-state index contributed by atoms with van der Waals surface area (Å²) in [5, 5.41) is 2.86. The van der Waals surface area contributed by atoms with E-state index in [0.29, 0.717) is 11.6 Å². The number of nitrogens with one attached hydrogen (secondary N) is 1. The van der Waals surface area contributed by atoms with Gasteiger partial charge in [-0.3, -0.25) is 4.79 Å². The Morgan fingerprint density at radius 1 is 1.03 bits per heavy atom. The lowest BCUT2D eigenvalue weighted by Gasteiger charge is -2.33. The summed E-state index contributed by atoms with van der Waals surface area (Å²) in [5.41, 5.74) is 1.86. The number of nitrogens with zero attached hydrogens (tertiary/aromatic N) is 1. The first kappa shape index (κ1) is 23.0. The normalized spacial score (nSPS) is 15.5. The van der Waals surface area contributed by atoms with Crippen molar-refractivity contribution in [3.8, 4) is 0 Å². The average molecular weight is 493 g/mol. The molecule has 0 saturated heterocycles. The van der Waals surface area contributed by atoms with Gasteiger partial charge in [0.15, 0.2) is 0 Å². The van der Waals surface area contributed by atoms with Gasteiger partial charge in [-0.2, -0.15) is 4.31 Å². The Labute approximate surface area is 188 Å². The smallest absolute Gasteiger partial charge is 0.243 e. The van der Waals surface area contributed by atoms with E-state index in [1.807, 2.05) is 24.3 Å². The quantitative estimate of drug-likeness (QED) is 0.551. The highest BCUT2D eigenvalue weighted by Gasteiger charge is 2.34. The van der Waals surface area contributed by atoms with Crippen molar-refractivity contribution in [1.82, 2.24) is 4.31 Å². The summed E-state index contributed by atoms with van der Waals surface area (Å²) in [4.78, 5) is 13.0. The van der Waals surface area contributed by atoms with Crippen molar-refractivity contribution < 1.29 is 13.2 Å². The van der Waals surface area contributed by atoms with Crippen LogP contribution in [0.1, 0.15) is 57.4 Å². The maximum atomic E-state index is 13.4. The standard InChI is InChI=1S/C23H29BrN2O3S/c1-17(2)18-8-12-20(13-9-18)25-23(27)16-26(21-6-4-3-5-7-21)30(28,29)22-14-10-19(24)11-15-22/h8-15,17,21H,3-7,16H2,1-2H3,(H,25,27). The van der Waals surface area contributed by atoms with Crippen LogP contribution < -0.4 is 5.32 Å². The third-order valence-electron chi connectivity index (χ3n) is 5.56. The molecule has 0 unspecified atom stereocenters. The van der Waals surface area contributed by atoms with Gasteiger partial charge in [0.25, 0.3) is 0 Å². The zero-order valence-corrected chi connectivity index (χ0v) is 19.9. The van der Waals surface area contributed by atoms with Gasteiger partial charge >= 0.3 is 0 Å². The van der Waals surface area contributed by atoms with E-state index in [2.05, 4.69) is 35.1 Å². The molecule has 1 aliphatic rings. The first-order chi connectivity index (χ1) is 14.3. The monoisotopic (exact) mass is 492 g/mol.